The van der Waals surface area contributed by atoms with Crippen molar-refractivity contribution in [2.75, 3.05) is 16.8 Å². The van der Waals surface area contributed by atoms with E-state index < -0.39 is 0 Å². The van der Waals surface area contributed by atoms with Crippen molar-refractivity contribution in [3.05, 3.63) is 46.9 Å². The Balaban J connectivity index is 1.35. The van der Waals surface area contributed by atoms with Gasteiger partial charge in [0.15, 0.2) is 0 Å². The summed E-state index contributed by atoms with van der Waals surface area (Å²) in [5.41, 5.74) is 1.54. The predicted molar refractivity (Wildman–Crippen MR) is 114 cm³/mol. The average molecular weight is 441 g/mol. The van der Waals surface area contributed by atoms with Crippen LogP contribution in [0.4, 0.5) is 16.6 Å². The number of ether oxygens (including phenoxy) is 1. The van der Waals surface area contributed by atoms with Crippen LogP contribution >= 0.6 is 11.6 Å². The van der Waals surface area contributed by atoms with E-state index >= 15 is 0 Å². The Hall–Kier alpha value is -3.20. The lowest BCUT2D eigenvalue weighted by Gasteiger charge is -2.21. The molecule has 2 aliphatic rings. The van der Waals surface area contributed by atoms with Gasteiger partial charge in [0, 0.05) is 22.3 Å². The van der Waals surface area contributed by atoms with E-state index in [1.54, 1.807) is 23.1 Å². The number of halogens is 1. The van der Waals surface area contributed by atoms with Crippen LogP contribution in [-0.4, -0.2) is 38.9 Å². The predicted octanol–water partition coefficient (Wildman–Crippen LogP) is 4.40. The molecule has 1 saturated heterocycles. The van der Waals surface area contributed by atoms with Gasteiger partial charge in [0.25, 0.3) is 0 Å². The Bertz CT molecular complexity index is 1110. The van der Waals surface area contributed by atoms with Gasteiger partial charge < -0.3 is 14.6 Å². The first kappa shape index (κ1) is 19.7. The van der Waals surface area contributed by atoms with E-state index in [-0.39, 0.29) is 18.2 Å². The van der Waals surface area contributed by atoms with Crippen molar-refractivity contribution in [1.82, 2.24) is 20.1 Å². The topological polar surface area (TPSA) is 106 Å². The first-order chi connectivity index (χ1) is 15.0. The molecule has 160 valence electrons. The second-order valence-corrected chi connectivity index (χ2v) is 8.31. The number of rotatable bonds is 6. The van der Waals surface area contributed by atoms with E-state index in [0.717, 1.165) is 24.1 Å². The fraction of sp³-hybridized carbons (Fsp3) is 0.381. The van der Waals surface area contributed by atoms with E-state index in [0.29, 0.717) is 41.0 Å². The third-order valence-electron chi connectivity index (χ3n) is 5.42. The zero-order valence-corrected chi connectivity index (χ0v) is 17.8. The van der Waals surface area contributed by atoms with Crippen LogP contribution in [0.1, 0.15) is 37.4 Å². The van der Waals surface area contributed by atoms with Crippen molar-refractivity contribution in [1.29, 1.82) is 0 Å². The van der Waals surface area contributed by atoms with Crippen molar-refractivity contribution >= 4 is 29.5 Å². The highest BCUT2D eigenvalue weighted by molar-refractivity contribution is 6.30. The molecule has 2 fully saturated rings. The van der Waals surface area contributed by atoms with Gasteiger partial charge in [-0.25, -0.2) is 9.78 Å². The number of benzene rings is 1. The first-order valence-electron chi connectivity index (χ1n) is 10.2. The molecule has 1 N–H and O–H groups in total. The van der Waals surface area contributed by atoms with Gasteiger partial charge in [0.1, 0.15) is 18.5 Å². The molecule has 3 aromatic rings. The molecule has 1 unspecified atom stereocenters. The molecular formula is C21H21ClN6O3. The van der Waals surface area contributed by atoms with Crippen LogP contribution < -0.4 is 10.2 Å². The number of nitrogens with one attached hydrogen (secondary N) is 1. The number of nitrogens with zero attached hydrogens (tertiary/aromatic N) is 5. The van der Waals surface area contributed by atoms with Crippen LogP contribution in [0.3, 0.4) is 0 Å². The van der Waals surface area contributed by atoms with Crippen LogP contribution in [0.25, 0.3) is 11.4 Å². The molecule has 2 aromatic heterocycles. The molecular weight excluding hydrogens is 420 g/mol. The molecule has 31 heavy (non-hydrogen) atoms. The molecule has 0 bridgehead atoms. The summed E-state index contributed by atoms with van der Waals surface area (Å²) >= 11 is 5.94. The Kier molecular flexibility index (Phi) is 4.97. The van der Waals surface area contributed by atoms with Gasteiger partial charge in [-0.2, -0.15) is 9.97 Å². The summed E-state index contributed by atoms with van der Waals surface area (Å²) in [5, 5.41) is 7.88. The van der Waals surface area contributed by atoms with E-state index in [2.05, 4.69) is 25.4 Å². The van der Waals surface area contributed by atoms with Gasteiger partial charge in [-0.15, -0.1) is 0 Å². The lowest BCUT2D eigenvalue weighted by atomic mass is 10.2. The van der Waals surface area contributed by atoms with Crippen molar-refractivity contribution in [3.63, 3.8) is 0 Å². The SMILES string of the molecule is Cc1cc(N2C(=O)OCC2C2CC2)nc(N[C@@H](C)c2nc(-c3ccc(Cl)cc3)no2)n1. The zero-order valence-electron chi connectivity index (χ0n) is 17.1. The maximum absolute atomic E-state index is 12.3. The van der Waals surface area contributed by atoms with Gasteiger partial charge in [0.05, 0.1) is 6.04 Å². The number of carbonyl (C=O) groups excluding carboxylic acids is 1. The van der Waals surface area contributed by atoms with Crippen LogP contribution in [0.2, 0.25) is 5.02 Å². The van der Waals surface area contributed by atoms with Gasteiger partial charge in [-0.05, 0) is 56.9 Å². The minimum absolute atomic E-state index is 0.0324. The minimum atomic E-state index is -0.362. The van der Waals surface area contributed by atoms with E-state index in [1.807, 2.05) is 26.0 Å². The lowest BCUT2D eigenvalue weighted by molar-refractivity contribution is 0.178. The molecule has 5 rings (SSSR count). The molecule has 1 aliphatic carbocycles. The minimum Gasteiger partial charge on any atom is -0.447 e. The summed E-state index contributed by atoms with van der Waals surface area (Å²) < 4.78 is 10.7. The monoisotopic (exact) mass is 440 g/mol. The summed E-state index contributed by atoms with van der Waals surface area (Å²) in [6.45, 7) is 4.14. The normalized spacial score (nSPS) is 19.4. The highest BCUT2D eigenvalue weighted by atomic mass is 35.5. The zero-order chi connectivity index (χ0) is 21.5. The Morgan fingerprint density at radius 2 is 1.97 bits per heavy atom. The van der Waals surface area contributed by atoms with Crippen molar-refractivity contribution < 1.29 is 14.1 Å². The second kappa shape index (κ2) is 7.81. The number of hydrogen-bond acceptors (Lipinski definition) is 8. The lowest BCUT2D eigenvalue weighted by Crippen LogP contribution is -2.36. The van der Waals surface area contributed by atoms with E-state index in [1.165, 1.54) is 0 Å². The van der Waals surface area contributed by atoms with Crippen molar-refractivity contribution in [2.45, 2.75) is 38.8 Å². The van der Waals surface area contributed by atoms with Gasteiger partial charge in [0.2, 0.25) is 17.7 Å². The highest BCUT2D eigenvalue weighted by Gasteiger charge is 2.44. The molecule has 9 nitrogen and oxygen atoms in total. The van der Waals surface area contributed by atoms with Gasteiger partial charge in [-0.1, -0.05) is 16.8 Å². The number of cyclic esters (lactones) is 1. The number of aryl methyl sites for hydroxylation is 1. The summed E-state index contributed by atoms with van der Waals surface area (Å²) in [6.07, 6.45) is 1.85. The number of hydrogen-bond donors (Lipinski definition) is 1. The number of anilines is 2. The second-order valence-electron chi connectivity index (χ2n) is 7.87. The molecule has 1 aromatic carbocycles. The molecule has 2 atom stereocenters. The number of carbonyl (C=O) groups is 1. The fourth-order valence-electron chi connectivity index (χ4n) is 3.65. The maximum Gasteiger partial charge on any atom is 0.415 e. The van der Waals surface area contributed by atoms with E-state index in [4.69, 9.17) is 20.9 Å². The van der Waals surface area contributed by atoms with Gasteiger partial charge in [-0.3, -0.25) is 4.90 Å². The molecule has 1 aliphatic heterocycles. The molecule has 0 spiro atoms. The van der Waals surface area contributed by atoms with Crippen molar-refractivity contribution in [3.8, 4) is 11.4 Å². The third kappa shape index (κ3) is 4.05. The maximum atomic E-state index is 12.3. The fourth-order valence-corrected chi connectivity index (χ4v) is 3.78. The summed E-state index contributed by atoms with van der Waals surface area (Å²) in [5.74, 6) is 2.25. The Morgan fingerprint density at radius 1 is 1.19 bits per heavy atom. The summed E-state index contributed by atoms with van der Waals surface area (Å²) in [7, 11) is 0. The molecule has 1 saturated carbocycles. The van der Waals surface area contributed by atoms with Crippen LogP contribution in [0, 0.1) is 12.8 Å². The van der Waals surface area contributed by atoms with Crippen LogP contribution in [0.15, 0.2) is 34.9 Å². The quantitative estimate of drug-likeness (QED) is 0.601. The molecule has 0 radical (unpaired) electrons. The molecule has 3 heterocycles. The first-order valence-corrected chi connectivity index (χ1v) is 10.5. The van der Waals surface area contributed by atoms with Crippen LogP contribution in [0.5, 0.6) is 0 Å². The largest absolute Gasteiger partial charge is 0.447 e. The highest BCUT2D eigenvalue weighted by Crippen LogP contribution is 2.39. The van der Waals surface area contributed by atoms with E-state index in [9.17, 15) is 4.79 Å². The Labute approximate surface area is 183 Å². The molecule has 10 heteroatoms. The third-order valence-corrected chi connectivity index (χ3v) is 5.67. The molecule has 1 amide bonds. The summed E-state index contributed by atoms with van der Waals surface area (Å²) in [6, 6.07) is 8.69. The number of amides is 1. The summed E-state index contributed by atoms with van der Waals surface area (Å²) in [4.78, 5) is 27.4. The standard InChI is InChI=1S/C21H21ClN6O3/c1-11-9-17(28-16(13-3-4-13)10-30-21(28)29)25-20(23-11)24-12(2)19-26-18(27-31-19)14-5-7-15(22)8-6-14/h5-9,12-13,16H,3-4,10H2,1-2H3,(H,23,24,25)/t12-,16?/m0/s1. The van der Waals surface area contributed by atoms with Crippen molar-refractivity contribution in [2.24, 2.45) is 5.92 Å². The number of aromatic nitrogens is 4. The van der Waals surface area contributed by atoms with Crippen LogP contribution in [-0.2, 0) is 4.74 Å². The average Bonchev–Trinajstić information content (AvgIpc) is 3.32. The Morgan fingerprint density at radius 3 is 2.71 bits per heavy atom. The van der Waals surface area contributed by atoms with Gasteiger partial charge >= 0.3 is 6.09 Å². The smallest absolute Gasteiger partial charge is 0.415 e.